The largest absolute Gasteiger partial charge is 0.469 e. The highest BCUT2D eigenvalue weighted by molar-refractivity contribution is 5.94. The molecule has 2 aliphatic rings. The number of carbonyl (C=O) groups excluding carboxylic acids is 3. The van der Waals surface area contributed by atoms with Gasteiger partial charge >= 0.3 is 5.97 Å². The fraction of sp³-hybridized carbons (Fsp3) is 0.483. The number of carbonyl (C=O) groups is 3. The van der Waals surface area contributed by atoms with Gasteiger partial charge in [0, 0.05) is 32.2 Å². The molecule has 36 heavy (non-hydrogen) atoms. The molecule has 0 aliphatic carbocycles. The van der Waals surface area contributed by atoms with Crippen molar-refractivity contribution in [3.8, 4) is 0 Å². The molecule has 0 radical (unpaired) electrons. The van der Waals surface area contributed by atoms with Gasteiger partial charge in [-0.05, 0) is 73.5 Å². The molecule has 2 aromatic rings. The molecular formula is C29H37N3O4. The number of nitrogens with one attached hydrogen (secondary N) is 1. The maximum Gasteiger partial charge on any atom is 0.306 e. The molecule has 0 spiro atoms. The predicted molar refractivity (Wildman–Crippen MR) is 138 cm³/mol. The maximum atomic E-state index is 13.5. The first-order chi connectivity index (χ1) is 17.4. The second kappa shape index (κ2) is 12.2. The van der Waals surface area contributed by atoms with Gasteiger partial charge in [0.1, 0.15) is 0 Å². The number of hydrogen-bond donors (Lipinski definition) is 1. The predicted octanol–water partition coefficient (Wildman–Crippen LogP) is 3.41. The van der Waals surface area contributed by atoms with Crippen LogP contribution in [0.4, 0.5) is 0 Å². The quantitative estimate of drug-likeness (QED) is 0.573. The van der Waals surface area contributed by atoms with Gasteiger partial charge in [-0.15, -0.1) is 0 Å². The summed E-state index contributed by atoms with van der Waals surface area (Å²) in [4.78, 5) is 42.4. The summed E-state index contributed by atoms with van der Waals surface area (Å²) in [6.45, 7) is 3.76. The molecule has 1 fully saturated rings. The zero-order chi connectivity index (χ0) is 25.5. The normalized spacial score (nSPS) is 18.3. The SMILES string of the molecule is COC(=O)CC1Cc2cc(C(=O)N(C)CCC3CCNCC3)ccc2CN(Cc2ccccc2)C1=O. The average Bonchev–Trinajstić information content (AvgIpc) is 3.03. The molecule has 0 bridgehead atoms. The van der Waals surface area contributed by atoms with Gasteiger partial charge in [-0.2, -0.15) is 0 Å². The lowest BCUT2D eigenvalue weighted by Gasteiger charge is -2.25. The van der Waals surface area contributed by atoms with Crippen molar-refractivity contribution >= 4 is 17.8 Å². The topological polar surface area (TPSA) is 79.0 Å². The molecule has 1 atom stereocenters. The lowest BCUT2D eigenvalue weighted by atomic mass is 9.92. The summed E-state index contributed by atoms with van der Waals surface area (Å²) < 4.78 is 4.88. The number of piperidine rings is 1. The molecule has 2 heterocycles. The van der Waals surface area contributed by atoms with E-state index >= 15 is 0 Å². The molecule has 7 nitrogen and oxygen atoms in total. The number of methoxy groups -OCH3 is 1. The van der Waals surface area contributed by atoms with E-state index in [1.807, 2.05) is 55.6 Å². The summed E-state index contributed by atoms with van der Waals surface area (Å²) in [6.07, 6.45) is 3.77. The first kappa shape index (κ1) is 25.9. The zero-order valence-corrected chi connectivity index (χ0v) is 21.4. The molecule has 1 saturated heterocycles. The number of fused-ring (bicyclic) bond motifs is 1. The van der Waals surface area contributed by atoms with Crippen LogP contribution in [0.5, 0.6) is 0 Å². The van der Waals surface area contributed by atoms with E-state index in [0.29, 0.717) is 31.0 Å². The minimum atomic E-state index is -0.523. The summed E-state index contributed by atoms with van der Waals surface area (Å²) in [5, 5.41) is 3.39. The Morgan fingerprint density at radius 3 is 2.56 bits per heavy atom. The highest BCUT2D eigenvalue weighted by atomic mass is 16.5. The molecule has 192 valence electrons. The van der Waals surface area contributed by atoms with Crippen LogP contribution in [0.25, 0.3) is 0 Å². The number of rotatable bonds is 8. The Balaban J connectivity index is 1.52. The Bertz CT molecular complexity index is 1070. The van der Waals surface area contributed by atoms with Crippen molar-refractivity contribution in [1.82, 2.24) is 15.1 Å². The van der Waals surface area contributed by atoms with Crippen LogP contribution >= 0.6 is 0 Å². The zero-order valence-electron chi connectivity index (χ0n) is 21.4. The van der Waals surface area contributed by atoms with Crippen LogP contribution in [0.2, 0.25) is 0 Å². The van der Waals surface area contributed by atoms with E-state index in [4.69, 9.17) is 4.74 Å². The summed E-state index contributed by atoms with van der Waals surface area (Å²) in [5.41, 5.74) is 3.63. The molecule has 2 aliphatic heterocycles. The van der Waals surface area contributed by atoms with Crippen LogP contribution in [-0.2, 0) is 33.8 Å². The van der Waals surface area contributed by atoms with Gasteiger partial charge in [-0.25, -0.2) is 0 Å². The fourth-order valence-electron chi connectivity index (χ4n) is 5.25. The van der Waals surface area contributed by atoms with Crippen molar-refractivity contribution in [2.75, 3.05) is 33.8 Å². The lowest BCUT2D eigenvalue weighted by Crippen LogP contribution is -2.35. The van der Waals surface area contributed by atoms with Crippen LogP contribution in [0, 0.1) is 11.8 Å². The summed E-state index contributed by atoms with van der Waals surface area (Å²) in [5.74, 6) is -0.332. The standard InChI is InChI=1S/C29H37N3O4/c1-31(15-12-21-10-13-30-14-11-21)28(34)23-8-9-24-20-32(19-22-6-4-3-5-7-22)29(35)26(17-25(24)16-23)18-27(33)36-2/h3-9,16,21,26,30H,10-15,17-20H2,1-2H3. The smallest absolute Gasteiger partial charge is 0.306 e. The molecule has 1 unspecified atom stereocenters. The summed E-state index contributed by atoms with van der Waals surface area (Å²) >= 11 is 0. The third kappa shape index (κ3) is 6.52. The van der Waals surface area contributed by atoms with Gasteiger partial charge in [0.2, 0.25) is 5.91 Å². The summed E-state index contributed by atoms with van der Waals surface area (Å²) in [7, 11) is 3.20. The highest BCUT2D eigenvalue weighted by Gasteiger charge is 2.32. The second-order valence-corrected chi connectivity index (χ2v) is 10.1. The number of nitrogens with zero attached hydrogens (tertiary/aromatic N) is 2. The van der Waals surface area contributed by atoms with Crippen LogP contribution in [-0.4, -0.2) is 61.4 Å². The van der Waals surface area contributed by atoms with E-state index in [9.17, 15) is 14.4 Å². The first-order valence-corrected chi connectivity index (χ1v) is 12.9. The Kier molecular flexibility index (Phi) is 8.75. The van der Waals surface area contributed by atoms with E-state index in [1.54, 1.807) is 9.80 Å². The molecular weight excluding hydrogens is 454 g/mol. The number of esters is 1. The minimum absolute atomic E-state index is 0.00651. The molecule has 7 heteroatoms. The van der Waals surface area contributed by atoms with Crippen LogP contribution in [0.1, 0.15) is 52.7 Å². The molecule has 2 aromatic carbocycles. The van der Waals surface area contributed by atoms with Crippen molar-refractivity contribution in [2.24, 2.45) is 11.8 Å². The van der Waals surface area contributed by atoms with Gasteiger partial charge in [-0.1, -0.05) is 36.4 Å². The molecule has 1 N–H and O–H groups in total. The Hall–Kier alpha value is -3.19. The highest BCUT2D eigenvalue weighted by Crippen LogP contribution is 2.28. The first-order valence-electron chi connectivity index (χ1n) is 12.9. The number of ether oxygens (including phenoxy) is 1. The Morgan fingerprint density at radius 2 is 1.83 bits per heavy atom. The molecule has 2 amide bonds. The maximum absolute atomic E-state index is 13.5. The number of amides is 2. The van der Waals surface area contributed by atoms with Gasteiger partial charge in [0.15, 0.2) is 0 Å². The van der Waals surface area contributed by atoms with E-state index in [0.717, 1.165) is 55.6 Å². The van der Waals surface area contributed by atoms with Crippen molar-refractivity contribution in [1.29, 1.82) is 0 Å². The number of benzene rings is 2. The Morgan fingerprint density at radius 1 is 1.08 bits per heavy atom. The third-order valence-corrected chi connectivity index (χ3v) is 7.48. The van der Waals surface area contributed by atoms with E-state index < -0.39 is 11.9 Å². The van der Waals surface area contributed by atoms with Gasteiger partial charge in [0.05, 0.1) is 19.4 Å². The number of hydrogen-bond acceptors (Lipinski definition) is 5. The van der Waals surface area contributed by atoms with E-state index in [2.05, 4.69) is 5.32 Å². The molecule has 0 saturated carbocycles. The summed E-state index contributed by atoms with van der Waals surface area (Å²) in [6, 6.07) is 15.6. The minimum Gasteiger partial charge on any atom is -0.469 e. The van der Waals surface area contributed by atoms with Crippen LogP contribution in [0.15, 0.2) is 48.5 Å². The third-order valence-electron chi connectivity index (χ3n) is 7.48. The fourth-order valence-corrected chi connectivity index (χ4v) is 5.25. The van der Waals surface area contributed by atoms with Gasteiger partial charge in [0.25, 0.3) is 5.91 Å². The van der Waals surface area contributed by atoms with Gasteiger partial charge < -0.3 is 19.9 Å². The van der Waals surface area contributed by atoms with Crippen LogP contribution < -0.4 is 5.32 Å². The van der Waals surface area contributed by atoms with Crippen molar-refractivity contribution in [3.05, 3.63) is 70.8 Å². The molecule has 4 rings (SSSR count). The van der Waals surface area contributed by atoms with Crippen molar-refractivity contribution in [3.63, 3.8) is 0 Å². The van der Waals surface area contributed by atoms with E-state index in [-0.39, 0.29) is 18.2 Å². The van der Waals surface area contributed by atoms with Crippen LogP contribution in [0.3, 0.4) is 0 Å². The monoisotopic (exact) mass is 491 g/mol. The van der Waals surface area contributed by atoms with Gasteiger partial charge in [-0.3, -0.25) is 14.4 Å². The molecule has 0 aromatic heterocycles. The Labute approximate surface area is 213 Å². The average molecular weight is 492 g/mol. The van der Waals surface area contributed by atoms with Crippen molar-refractivity contribution < 1.29 is 19.1 Å². The van der Waals surface area contributed by atoms with E-state index in [1.165, 1.54) is 7.11 Å². The van der Waals surface area contributed by atoms with Crippen molar-refractivity contribution in [2.45, 2.75) is 45.2 Å². The lowest BCUT2D eigenvalue weighted by molar-refractivity contribution is -0.147. The second-order valence-electron chi connectivity index (χ2n) is 10.1.